The Morgan fingerprint density at radius 2 is 1.76 bits per heavy atom. The van der Waals surface area contributed by atoms with E-state index >= 15 is 0 Å². The molecule has 2 aromatic rings. The van der Waals surface area contributed by atoms with Crippen LogP contribution in [0.2, 0.25) is 0 Å². The highest BCUT2D eigenvalue weighted by Crippen LogP contribution is 2.15. The number of hydrogen-bond acceptors (Lipinski definition) is 6. The van der Waals surface area contributed by atoms with Crippen molar-refractivity contribution < 1.29 is 24.0 Å². The Bertz CT molecular complexity index is 847. The molecule has 0 saturated carbocycles. The van der Waals surface area contributed by atoms with E-state index in [9.17, 15) is 24.5 Å². The van der Waals surface area contributed by atoms with Crippen LogP contribution >= 0.6 is 0 Å². The van der Waals surface area contributed by atoms with E-state index in [1.807, 2.05) is 0 Å². The molecule has 2 aromatic carbocycles. The number of non-ortho nitro benzene ring substituents is 1. The van der Waals surface area contributed by atoms with Crippen molar-refractivity contribution in [1.29, 1.82) is 0 Å². The molecule has 0 radical (unpaired) electrons. The zero-order chi connectivity index (χ0) is 18.4. The first-order valence-electron chi connectivity index (χ1n) is 7.19. The molecule has 0 saturated heterocycles. The Hall–Kier alpha value is -3.55. The quantitative estimate of drug-likeness (QED) is 0.373. The normalized spacial score (nSPS) is 9.96. The Morgan fingerprint density at radius 1 is 1.08 bits per heavy atom. The predicted molar refractivity (Wildman–Crippen MR) is 88.5 cm³/mol. The maximum absolute atomic E-state index is 12.0. The van der Waals surface area contributed by atoms with Crippen molar-refractivity contribution in [1.82, 2.24) is 0 Å². The molecule has 0 aromatic heterocycles. The second-order valence-electron chi connectivity index (χ2n) is 5.07. The number of hydrogen-bond donors (Lipinski definition) is 1. The number of esters is 1. The number of ketones is 1. The lowest BCUT2D eigenvalue weighted by atomic mass is 10.1. The number of carbonyl (C=O) groups is 3. The third kappa shape index (κ3) is 4.96. The van der Waals surface area contributed by atoms with Crippen molar-refractivity contribution in [2.75, 3.05) is 11.9 Å². The van der Waals surface area contributed by atoms with Crippen LogP contribution in [0, 0.1) is 10.1 Å². The summed E-state index contributed by atoms with van der Waals surface area (Å²) in [6.45, 7) is 0.785. The van der Waals surface area contributed by atoms with Crippen LogP contribution < -0.4 is 5.32 Å². The van der Waals surface area contributed by atoms with Gasteiger partial charge in [-0.15, -0.1) is 0 Å². The molecule has 2 rings (SSSR count). The number of anilines is 1. The monoisotopic (exact) mass is 342 g/mol. The molecule has 1 N–H and O–H groups in total. The average Bonchev–Trinajstić information content (AvgIpc) is 2.59. The van der Waals surface area contributed by atoms with Gasteiger partial charge in [0.25, 0.3) is 5.69 Å². The van der Waals surface area contributed by atoms with Crippen LogP contribution in [-0.4, -0.2) is 29.2 Å². The summed E-state index contributed by atoms with van der Waals surface area (Å²) in [7, 11) is 0. The molecule has 0 unspecified atom stereocenters. The van der Waals surface area contributed by atoms with E-state index in [2.05, 4.69) is 5.32 Å². The fraction of sp³-hybridized carbons (Fsp3) is 0.118. The highest BCUT2D eigenvalue weighted by Gasteiger charge is 2.15. The summed E-state index contributed by atoms with van der Waals surface area (Å²) >= 11 is 0. The third-order valence-corrected chi connectivity index (χ3v) is 3.13. The molecular weight excluding hydrogens is 328 g/mol. The van der Waals surface area contributed by atoms with Crippen LogP contribution in [0.5, 0.6) is 0 Å². The summed E-state index contributed by atoms with van der Waals surface area (Å²) in [5, 5.41) is 13.2. The number of ether oxygens (including phenoxy) is 1. The molecule has 0 bridgehead atoms. The number of nitrogens with zero attached hydrogens (tertiary/aromatic N) is 1. The smallest absolute Gasteiger partial charge is 0.338 e. The molecule has 25 heavy (non-hydrogen) atoms. The Morgan fingerprint density at radius 3 is 2.44 bits per heavy atom. The minimum Gasteiger partial charge on any atom is -0.454 e. The summed E-state index contributed by atoms with van der Waals surface area (Å²) in [4.78, 5) is 45.1. The lowest BCUT2D eigenvalue weighted by Gasteiger charge is -2.07. The molecule has 0 atom stereocenters. The maximum atomic E-state index is 12.0. The predicted octanol–water partition coefficient (Wildman–Crippen LogP) is 2.59. The highest BCUT2D eigenvalue weighted by atomic mass is 16.6. The van der Waals surface area contributed by atoms with Crippen molar-refractivity contribution in [2.24, 2.45) is 0 Å². The first-order valence-corrected chi connectivity index (χ1v) is 7.19. The second kappa shape index (κ2) is 7.82. The van der Waals surface area contributed by atoms with Crippen LogP contribution in [0.3, 0.4) is 0 Å². The molecule has 0 aliphatic rings. The highest BCUT2D eigenvalue weighted by molar-refractivity contribution is 6.00. The summed E-state index contributed by atoms with van der Waals surface area (Å²) in [6, 6.07) is 11.2. The molecule has 128 valence electrons. The van der Waals surface area contributed by atoms with Gasteiger partial charge in [-0.1, -0.05) is 18.2 Å². The Balaban J connectivity index is 2.02. The van der Waals surface area contributed by atoms with Crippen LogP contribution in [0.25, 0.3) is 0 Å². The molecule has 8 heteroatoms. The van der Waals surface area contributed by atoms with Crippen LogP contribution in [-0.2, 0) is 9.53 Å². The molecule has 0 spiro atoms. The zero-order valence-electron chi connectivity index (χ0n) is 13.2. The number of amides is 1. The van der Waals surface area contributed by atoms with E-state index < -0.39 is 23.3 Å². The van der Waals surface area contributed by atoms with Gasteiger partial charge < -0.3 is 10.1 Å². The maximum Gasteiger partial charge on any atom is 0.338 e. The number of nitro groups is 1. The van der Waals surface area contributed by atoms with Gasteiger partial charge in [0, 0.05) is 30.3 Å². The number of nitro benzene ring substituents is 1. The van der Waals surface area contributed by atoms with Crippen molar-refractivity contribution >= 4 is 29.0 Å². The fourth-order valence-electron chi connectivity index (χ4n) is 2.02. The summed E-state index contributed by atoms with van der Waals surface area (Å²) in [5.74, 6) is -1.59. The van der Waals surface area contributed by atoms with E-state index in [0.717, 1.165) is 6.07 Å². The third-order valence-electron chi connectivity index (χ3n) is 3.13. The van der Waals surface area contributed by atoms with E-state index in [4.69, 9.17) is 4.74 Å². The van der Waals surface area contributed by atoms with Gasteiger partial charge in [0.05, 0.1) is 10.5 Å². The van der Waals surface area contributed by atoms with Gasteiger partial charge >= 0.3 is 5.97 Å². The average molecular weight is 342 g/mol. The number of rotatable bonds is 6. The van der Waals surface area contributed by atoms with Crippen molar-refractivity contribution in [2.45, 2.75) is 6.92 Å². The Labute approximate surface area is 142 Å². The molecule has 0 aliphatic carbocycles. The van der Waals surface area contributed by atoms with E-state index in [1.54, 1.807) is 12.1 Å². The summed E-state index contributed by atoms with van der Waals surface area (Å²) in [6.07, 6.45) is 0. The van der Waals surface area contributed by atoms with Gasteiger partial charge in [-0.3, -0.25) is 19.7 Å². The molecule has 8 nitrogen and oxygen atoms in total. The Kier molecular flexibility index (Phi) is 5.57. The van der Waals surface area contributed by atoms with Crippen molar-refractivity contribution in [3.63, 3.8) is 0 Å². The lowest BCUT2D eigenvalue weighted by Crippen LogP contribution is -2.15. The fourth-order valence-corrected chi connectivity index (χ4v) is 2.02. The number of carbonyl (C=O) groups excluding carboxylic acids is 3. The SMILES string of the molecule is CC(=O)Nc1cccc(C(=O)OCC(=O)c2cccc([N+](=O)[O-])c2)c1. The molecule has 0 fully saturated rings. The summed E-state index contributed by atoms with van der Waals surface area (Å²) < 4.78 is 4.93. The minimum absolute atomic E-state index is 0.0778. The van der Waals surface area contributed by atoms with Crippen LogP contribution in [0.15, 0.2) is 48.5 Å². The number of benzene rings is 2. The zero-order valence-corrected chi connectivity index (χ0v) is 13.2. The largest absolute Gasteiger partial charge is 0.454 e. The van der Waals surface area contributed by atoms with E-state index in [1.165, 1.54) is 37.3 Å². The van der Waals surface area contributed by atoms with E-state index in [-0.39, 0.29) is 22.7 Å². The number of nitrogens with one attached hydrogen (secondary N) is 1. The van der Waals surface area contributed by atoms with Crippen molar-refractivity contribution in [3.05, 3.63) is 69.8 Å². The summed E-state index contributed by atoms with van der Waals surface area (Å²) in [5.41, 5.74) is 0.444. The molecule has 0 aliphatic heterocycles. The number of Topliss-reactive ketones (excluding diaryl/α,β-unsaturated/α-hetero) is 1. The van der Waals surface area contributed by atoms with Crippen molar-refractivity contribution in [3.8, 4) is 0 Å². The standard InChI is InChI=1S/C17H14N2O6/c1-11(20)18-14-6-2-5-13(8-14)17(22)25-10-16(21)12-4-3-7-15(9-12)19(23)24/h2-9H,10H2,1H3,(H,18,20). The van der Waals surface area contributed by atoms with Gasteiger partial charge in [-0.2, -0.15) is 0 Å². The molecular formula is C17H14N2O6. The first kappa shape index (κ1) is 17.8. The minimum atomic E-state index is -0.744. The molecule has 0 heterocycles. The first-order chi connectivity index (χ1) is 11.9. The van der Waals surface area contributed by atoms with Crippen LogP contribution in [0.4, 0.5) is 11.4 Å². The lowest BCUT2D eigenvalue weighted by molar-refractivity contribution is -0.384. The second-order valence-corrected chi connectivity index (χ2v) is 5.07. The van der Waals surface area contributed by atoms with Gasteiger partial charge in [0.2, 0.25) is 11.7 Å². The molecule has 1 amide bonds. The van der Waals surface area contributed by atoms with Crippen LogP contribution in [0.1, 0.15) is 27.6 Å². The topological polar surface area (TPSA) is 116 Å². The van der Waals surface area contributed by atoms with Gasteiger partial charge in [0.1, 0.15) is 0 Å². The van der Waals surface area contributed by atoms with E-state index in [0.29, 0.717) is 5.69 Å². The van der Waals surface area contributed by atoms with Gasteiger partial charge in [-0.25, -0.2) is 4.79 Å². The van der Waals surface area contributed by atoms with Gasteiger partial charge in [-0.05, 0) is 18.2 Å². The van der Waals surface area contributed by atoms with Gasteiger partial charge in [0.15, 0.2) is 6.61 Å².